The van der Waals surface area contributed by atoms with Crippen LogP contribution < -0.4 is 15.2 Å². The van der Waals surface area contributed by atoms with Crippen molar-refractivity contribution in [3.05, 3.63) is 46.2 Å². The molecule has 2 N–H and O–H groups in total. The average Bonchev–Trinajstić information content (AvgIpc) is 3.08. The summed E-state index contributed by atoms with van der Waals surface area (Å²) in [5.41, 5.74) is 7.17. The molecule has 1 heterocycles. The van der Waals surface area contributed by atoms with Crippen molar-refractivity contribution in [2.45, 2.75) is 32.1 Å². The maximum absolute atomic E-state index is 5.94. The van der Waals surface area contributed by atoms with Gasteiger partial charge in [0.05, 0.1) is 13.7 Å². The highest BCUT2D eigenvalue weighted by molar-refractivity contribution is 7.10. The molecule has 0 saturated heterocycles. The van der Waals surface area contributed by atoms with Crippen LogP contribution in [0.4, 0.5) is 0 Å². The number of rotatable bonds is 9. The predicted molar refractivity (Wildman–Crippen MR) is 93.2 cm³/mol. The monoisotopic (exact) mass is 319 g/mol. The summed E-state index contributed by atoms with van der Waals surface area (Å²) < 4.78 is 11.2. The Kier molecular flexibility index (Phi) is 6.74. The number of hydrogen-bond acceptors (Lipinski definition) is 4. The average molecular weight is 319 g/mol. The number of nitrogens with two attached hydrogens (primary N) is 1. The highest BCUT2D eigenvalue weighted by Gasteiger charge is 2.13. The van der Waals surface area contributed by atoms with E-state index >= 15 is 0 Å². The van der Waals surface area contributed by atoms with Crippen molar-refractivity contribution >= 4 is 11.3 Å². The van der Waals surface area contributed by atoms with Gasteiger partial charge in [-0.3, -0.25) is 0 Å². The van der Waals surface area contributed by atoms with Crippen LogP contribution in [0.1, 0.15) is 36.1 Å². The van der Waals surface area contributed by atoms with Gasteiger partial charge in [-0.1, -0.05) is 25.5 Å². The molecule has 2 aromatic rings. The SMILES string of the molecule is CCCCOc1ccc(CC(CN)c2cccs2)cc1OC. The molecule has 3 nitrogen and oxygen atoms in total. The first-order valence-corrected chi connectivity index (χ1v) is 8.69. The van der Waals surface area contributed by atoms with E-state index in [0.717, 1.165) is 37.4 Å². The summed E-state index contributed by atoms with van der Waals surface area (Å²) in [4.78, 5) is 1.34. The van der Waals surface area contributed by atoms with Crippen LogP contribution in [0.2, 0.25) is 0 Å². The van der Waals surface area contributed by atoms with Gasteiger partial charge in [-0.2, -0.15) is 0 Å². The Hall–Kier alpha value is -1.52. The van der Waals surface area contributed by atoms with E-state index in [4.69, 9.17) is 15.2 Å². The van der Waals surface area contributed by atoms with Crippen molar-refractivity contribution in [2.24, 2.45) is 5.73 Å². The Balaban J connectivity index is 2.08. The minimum atomic E-state index is 0.358. The third kappa shape index (κ3) is 4.49. The zero-order valence-electron chi connectivity index (χ0n) is 13.4. The molecule has 0 bridgehead atoms. The maximum atomic E-state index is 5.94. The number of unbranched alkanes of at least 4 members (excludes halogenated alkanes) is 1. The molecule has 0 amide bonds. The predicted octanol–water partition coefficient (Wildman–Crippen LogP) is 4.22. The highest BCUT2D eigenvalue weighted by Crippen LogP contribution is 2.31. The fourth-order valence-electron chi connectivity index (χ4n) is 2.39. The van der Waals surface area contributed by atoms with Gasteiger partial charge in [0.25, 0.3) is 0 Å². The van der Waals surface area contributed by atoms with Gasteiger partial charge in [-0.05, 0) is 42.0 Å². The first kappa shape index (κ1) is 16.8. The lowest BCUT2D eigenvalue weighted by Crippen LogP contribution is -2.14. The van der Waals surface area contributed by atoms with Gasteiger partial charge in [0.2, 0.25) is 0 Å². The van der Waals surface area contributed by atoms with Crippen LogP contribution in [0, 0.1) is 0 Å². The molecule has 2 rings (SSSR count). The standard InChI is InChI=1S/C18H25NO2S/c1-3-4-9-21-16-8-7-14(12-17(16)20-2)11-15(13-19)18-6-5-10-22-18/h5-8,10,12,15H,3-4,9,11,13,19H2,1-2H3. The molecule has 120 valence electrons. The van der Waals surface area contributed by atoms with E-state index in [0.29, 0.717) is 12.5 Å². The van der Waals surface area contributed by atoms with Crippen LogP contribution in [0.15, 0.2) is 35.7 Å². The lowest BCUT2D eigenvalue weighted by atomic mass is 9.97. The Morgan fingerprint density at radius 1 is 1.23 bits per heavy atom. The molecule has 0 aliphatic rings. The summed E-state index contributed by atoms with van der Waals surface area (Å²) in [7, 11) is 1.69. The second kappa shape index (κ2) is 8.81. The van der Waals surface area contributed by atoms with E-state index < -0.39 is 0 Å². The molecule has 0 radical (unpaired) electrons. The van der Waals surface area contributed by atoms with Gasteiger partial charge >= 0.3 is 0 Å². The third-order valence-corrected chi connectivity index (χ3v) is 4.73. The lowest BCUT2D eigenvalue weighted by molar-refractivity contribution is 0.288. The zero-order valence-corrected chi connectivity index (χ0v) is 14.2. The molecule has 0 spiro atoms. The van der Waals surface area contributed by atoms with E-state index in [2.05, 4.69) is 36.6 Å². The quantitative estimate of drug-likeness (QED) is 0.704. The van der Waals surface area contributed by atoms with Crippen molar-refractivity contribution in [1.82, 2.24) is 0 Å². The van der Waals surface area contributed by atoms with Gasteiger partial charge in [0.15, 0.2) is 11.5 Å². The summed E-state index contributed by atoms with van der Waals surface area (Å²) >= 11 is 1.77. The molecular formula is C18H25NO2S. The van der Waals surface area contributed by atoms with Crippen LogP contribution in [-0.2, 0) is 6.42 Å². The van der Waals surface area contributed by atoms with Gasteiger partial charge in [0, 0.05) is 17.3 Å². The van der Waals surface area contributed by atoms with Crippen LogP contribution in [0.3, 0.4) is 0 Å². The topological polar surface area (TPSA) is 44.5 Å². The van der Waals surface area contributed by atoms with Gasteiger partial charge in [-0.25, -0.2) is 0 Å². The first-order chi connectivity index (χ1) is 10.8. The van der Waals surface area contributed by atoms with Crippen LogP contribution in [-0.4, -0.2) is 20.3 Å². The minimum Gasteiger partial charge on any atom is -0.493 e. The van der Waals surface area contributed by atoms with Crippen LogP contribution in [0.5, 0.6) is 11.5 Å². The molecule has 4 heteroatoms. The lowest BCUT2D eigenvalue weighted by Gasteiger charge is -2.15. The van der Waals surface area contributed by atoms with Crippen LogP contribution >= 0.6 is 11.3 Å². The zero-order chi connectivity index (χ0) is 15.8. The summed E-state index contributed by atoms with van der Waals surface area (Å²) in [5, 5.41) is 2.10. The molecule has 22 heavy (non-hydrogen) atoms. The van der Waals surface area contributed by atoms with E-state index in [-0.39, 0.29) is 0 Å². The van der Waals surface area contributed by atoms with Crippen molar-refractivity contribution in [3.8, 4) is 11.5 Å². The second-order valence-corrected chi connectivity index (χ2v) is 6.32. The fourth-order valence-corrected chi connectivity index (χ4v) is 3.24. The van der Waals surface area contributed by atoms with Gasteiger partial charge in [-0.15, -0.1) is 11.3 Å². The highest BCUT2D eigenvalue weighted by atomic mass is 32.1. The maximum Gasteiger partial charge on any atom is 0.161 e. The number of benzene rings is 1. The molecular weight excluding hydrogens is 294 g/mol. The summed E-state index contributed by atoms with van der Waals surface area (Å²) in [6.07, 6.45) is 3.10. The second-order valence-electron chi connectivity index (χ2n) is 5.34. The first-order valence-electron chi connectivity index (χ1n) is 7.81. The number of hydrogen-bond donors (Lipinski definition) is 1. The molecule has 1 aromatic heterocycles. The number of ether oxygens (including phenoxy) is 2. The summed E-state index contributed by atoms with van der Waals surface area (Å²) in [5.74, 6) is 1.98. The summed E-state index contributed by atoms with van der Waals surface area (Å²) in [6.45, 7) is 3.53. The minimum absolute atomic E-state index is 0.358. The van der Waals surface area contributed by atoms with Gasteiger partial charge < -0.3 is 15.2 Å². The molecule has 0 saturated carbocycles. The summed E-state index contributed by atoms with van der Waals surface area (Å²) in [6, 6.07) is 10.4. The largest absolute Gasteiger partial charge is 0.493 e. The third-order valence-electron chi connectivity index (χ3n) is 3.70. The Morgan fingerprint density at radius 3 is 2.73 bits per heavy atom. The van der Waals surface area contributed by atoms with Crippen molar-refractivity contribution in [3.63, 3.8) is 0 Å². The van der Waals surface area contributed by atoms with Crippen molar-refractivity contribution in [1.29, 1.82) is 0 Å². The molecule has 0 aliphatic carbocycles. The van der Waals surface area contributed by atoms with Crippen LogP contribution in [0.25, 0.3) is 0 Å². The molecule has 1 aromatic carbocycles. The Labute approximate surface area is 137 Å². The van der Waals surface area contributed by atoms with E-state index in [9.17, 15) is 0 Å². The van der Waals surface area contributed by atoms with Crippen molar-refractivity contribution in [2.75, 3.05) is 20.3 Å². The Morgan fingerprint density at radius 2 is 2.09 bits per heavy atom. The normalized spacial score (nSPS) is 12.1. The number of thiophene rings is 1. The number of methoxy groups -OCH3 is 1. The van der Waals surface area contributed by atoms with E-state index in [1.54, 1.807) is 18.4 Å². The molecule has 0 fully saturated rings. The molecule has 0 aliphatic heterocycles. The Bertz CT molecular complexity index is 554. The van der Waals surface area contributed by atoms with E-state index in [1.165, 1.54) is 10.4 Å². The van der Waals surface area contributed by atoms with Crippen molar-refractivity contribution < 1.29 is 9.47 Å². The molecule has 1 unspecified atom stereocenters. The fraction of sp³-hybridized carbons (Fsp3) is 0.444. The molecule has 1 atom stereocenters. The van der Waals surface area contributed by atoms with E-state index in [1.807, 2.05) is 6.07 Å². The smallest absolute Gasteiger partial charge is 0.161 e. The van der Waals surface area contributed by atoms with Gasteiger partial charge in [0.1, 0.15) is 0 Å².